The number of pyridine rings is 1. The molecule has 1 aliphatic rings. The lowest BCUT2D eigenvalue weighted by atomic mass is 9.85. The normalized spacial score (nSPS) is 18.5. The van der Waals surface area contributed by atoms with Crippen molar-refractivity contribution < 1.29 is 22.4 Å². The number of hydrogen-bond donors (Lipinski definition) is 2. The van der Waals surface area contributed by atoms with E-state index in [0.29, 0.717) is 25.1 Å². The molecule has 3 N–H and O–H groups in total. The molecule has 1 saturated carbocycles. The number of aromatic nitrogens is 3. The van der Waals surface area contributed by atoms with E-state index in [1.807, 2.05) is 0 Å². The fourth-order valence-electron chi connectivity index (χ4n) is 4.06. The summed E-state index contributed by atoms with van der Waals surface area (Å²) in [4.78, 5) is 31.9. The van der Waals surface area contributed by atoms with Crippen LogP contribution in [0.5, 0.6) is 0 Å². The summed E-state index contributed by atoms with van der Waals surface area (Å²) >= 11 is 0. The molecule has 178 valence electrons. The van der Waals surface area contributed by atoms with Gasteiger partial charge in [0.15, 0.2) is 5.82 Å². The lowest BCUT2D eigenvalue weighted by Crippen LogP contribution is -2.34. The first-order chi connectivity index (χ1) is 16.1. The maximum Gasteiger partial charge on any atom is 0.417 e. The number of halogens is 4. The van der Waals surface area contributed by atoms with Crippen molar-refractivity contribution in [2.24, 2.45) is 11.7 Å². The molecule has 0 spiro atoms. The molecule has 0 radical (unpaired) electrons. The third-order valence-electron chi connectivity index (χ3n) is 5.79. The minimum Gasteiger partial charge on any atom is -0.369 e. The van der Waals surface area contributed by atoms with E-state index in [1.54, 1.807) is 0 Å². The third kappa shape index (κ3) is 5.08. The number of nitrogens with zero attached hydrogens (tertiary/aromatic N) is 3. The van der Waals surface area contributed by atoms with Crippen LogP contribution in [0.3, 0.4) is 0 Å². The Hall–Kier alpha value is -3.76. The number of benzene rings is 1. The Kier molecular flexibility index (Phi) is 6.36. The first-order valence-corrected chi connectivity index (χ1v) is 10.6. The van der Waals surface area contributed by atoms with Crippen molar-refractivity contribution in [2.75, 3.05) is 5.32 Å². The van der Waals surface area contributed by atoms with Crippen LogP contribution in [0.2, 0.25) is 0 Å². The molecule has 1 amide bonds. The van der Waals surface area contributed by atoms with Crippen molar-refractivity contribution in [3.05, 3.63) is 70.5 Å². The molecule has 3 aromatic rings. The van der Waals surface area contributed by atoms with Crippen LogP contribution >= 0.6 is 0 Å². The van der Waals surface area contributed by atoms with Gasteiger partial charge in [0.1, 0.15) is 5.69 Å². The largest absolute Gasteiger partial charge is 0.417 e. The average Bonchev–Trinajstić information content (AvgIpc) is 2.80. The van der Waals surface area contributed by atoms with Gasteiger partial charge in [-0.3, -0.25) is 14.2 Å². The van der Waals surface area contributed by atoms with Crippen molar-refractivity contribution in [3.63, 3.8) is 0 Å². The van der Waals surface area contributed by atoms with Crippen LogP contribution in [0.15, 0.2) is 53.6 Å². The molecule has 0 aliphatic heterocycles. The first-order valence-electron chi connectivity index (χ1n) is 10.6. The highest BCUT2D eigenvalue weighted by atomic mass is 19.4. The minimum atomic E-state index is -4.63. The molecule has 0 bridgehead atoms. The molecule has 0 saturated heterocycles. The molecular weight excluding hydrogens is 454 g/mol. The average molecular weight is 475 g/mol. The van der Waals surface area contributed by atoms with Crippen LogP contribution in [0.1, 0.15) is 31.2 Å². The fourth-order valence-corrected chi connectivity index (χ4v) is 4.06. The number of carbonyl (C=O) groups excluding carboxylic acids is 1. The number of rotatable bonds is 5. The Balaban J connectivity index is 1.64. The van der Waals surface area contributed by atoms with E-state index >= 15 is 0 Å². The molecule has 11 heteroatoms. The van der Waals surface area contributed by atoms with Gasteiger partial charge in [-0.15, -0.1) is 0 Å². The molecule has 4 rings (SSSR count). The van der Waals surface area contributed by atoms with E-state index in [1.165, 1.54) is 24.3 Å². The Morgan fingerprint density at radius 2 is 1.97 bits per heavy atom. The van der Waals surface area contributed by atoms with Crippen LogP contribution in [-0.2, 0) is 11.0 Å². The second kappa shape index (κ2) is 9.24. The van der Waals surface area contributed by atoms with Crippen molar-refractivity contribution >= 4 is 11.9 Å². The van der Waals surface area contributed by atoms with Gasteiger partial charge in [-0.1, -0.05) is 18.6 Å². The number of carbonyl (C=O) groups is 1. The topological polar surface area (TPSA) is 103 Å². The van der Waals surface area contributed by atoms with E-state index in [0.717, 1.165) is 29.7 Å². The molecular formula is C23H21F4N5O2. The quantitative estimate of drug-likeness (QED) is 0.545. The lowest BCUT2D eigenvalue weighted by molar-refractivity contribution is -0.138. The zero-order valence-corrected chi connectivity index (χ0v) is 17.8. The highest BCUT2D eigenvalue weighted by molar-refractivity contribution is 5.76. The lowest BCUT2D eigenvalue weighted by Gasteiger charge is -2.27. The molecule has 7 nitrogen and oxygen atoms in total. The highest BCUT2D eigenvalue weighted by Gasteiger charge is 2.31. The van der Waals surface area contributed by atoms with Gasteiger partial charge >= 0.3 is 6.18 Å². The van der Waals surface area contributed by atoms with Crippen LogP contribution in [0, 0.1) is 11.7 Å². The number of amides is 1. The van der Waals surface area contributed by atoms with E-state index in [-0.39, 0.29) is 40.8 Å². The summed E-state index contributed by atoms with van der Waals surface area (Å²) in [5.74, 6) is -1.21. The Labute approximate surface area is 191 Å². The van der Waals surface area contributed by atoms with Gasteiger partial charge in [0.05, 0.1) is 11.8 Å². The summed E-state index contributed by atoms with van der Waals surface area (Å²) < 4.78 is 54.8. The van der Waals surface area contributed by atoms with Gasteiger partial charge in [0, 0.05) is 35.5 Å². The second-order valence-corrected chi connectivity index (χ2v) is 8.17. The third-order valence-corrected chi connectivity index (χ3v) is 5.79. The van der Waals surface area contributed by atoms with Crippen LogP contribution in [0.25, 0.3) is 16.9 Å². The van der Waals surface area contributed by atoms with Crippen molar-refractivity contribution in [3.8, 4) is 16.9 Å². The van der Waals surface area contributed by atoms with Gasteiger partial charge < -0.3 is 11.1 Å². The Bertz CT molecular complexity index is 1270. The maximum atomic E-state index is 14.6. The van der Waals surface area contributed by atoms with Gasteiger partial charge in [-0.25, -0.2) is 14.4 Å². The van der Waals surface area contributed by atoms with E-state index < -0.39 is 23.1 Å². The van der Waals surface area contributed by atoms with Crippen molar-refractivity contribution in [2.45, 2.75) is 37.9 Å². The smallest absolute Gasteiger partial charge is 0.369 e. The summed E-state index contributed by atoms with van der Waals surface area (Å²) in [6.45, 7) is 0. The van der Waals surface area contributed by atoms with Crippen LogP contribution in [0.4, 0.5) is 23.5 Å². The molecule has 0 unspecified atom stereocenters. The van der Waals surface area contributed by atoms with E-state index in [4.69, 9.17) is 5.73 Å². The summed E-state index contributed by atoms with van der Waals surface area (Å²) in [5.41, 5.74) is 4.05. The molecule has 1 aliphatic carbocycles. The van der Waals surface area contributed by atoms with Gasteiger partial charge in [-0.2, -0.15) is 13.2 Å². The van der Waals surface area contributed by atoms with Gasteiger partial charge in [0.2, 0.25) is 11.9 Å². The predicted octanol–water partition coefficient (Wildman–Crippen LogP) is 3.91. The van der Waals surface area contributed by atoms with Gasteiger partial charge in [-0.05, 0) is 37.5 Å². The Morgan fingerprint density at radius 1 is 1.18 bits per heavy atom. The molecule has 2 aromatic heterocycles. The number of primary amides is 1. The molecule has 2 atom stereocenters. The Morgan fingerprint density at radius 3 is 2.71 bits per heavy atom. The zero-order chi connectivity index (χ0) is 24.5. The summed E-state index contributed by atoms with van der Waals surface area (Å²) in [5, 5.41) is 3.11. The van der Waals surface area contributed by atoms with Crippen LogP contribution < -0.4 is 16.6 Å². The zero-order valence-electron chi connectivity index (χ0n) is 17.8. The SMILES string of the molecule is NC(=O)[C@@H]1CCC[C@H](Nc2ncc(F)c(-c3cccc(-n4cc(C(F)(F)F)ccc4=O)c3)n2)C1. The minimum absolute atomic E-state index is 0.0818. The van der Waals surface area contributed by atoms with Crippen molar-refractivity contribution in [1.82, 2.24) is 14.5 Å². The molecule has 1 fully saturated rings. The molecule has 34 heavy (non-hydrogen) atoms. The maximum absolute atomic E-state index is 14.6. The fraction of sp³-hybridized carbons (Fsp3) is 0.304. The predicted molar refractivity (Wildman–Crippen MR) is 117 cm³/mol. The van der Waals surface area contributed by atoms with Crippen LogP contribution in [-0.4, -0.2) is 26.5 Å². The number of nitrogens with two attached hydrogens (primary N) is 1. The van der Waals surface area contributed by atoms with E-state index in [9.17, 15) is 27.2 Å². The van der Waals surface area contributed by atoms with Gasteiger partial charge in [0.25, 0.3) is 5.56 Å². The summed E-state index contributed by atoms with van der Waals surface area (Å²) in [6, 6.07) is 7.26. The number of hydrogen-bond acceptors (Lipinski definition) is 5. The van der Waals surface area contributed by atoms with E-state index in [2.05, 4.69) is 15.3 Å². The number of anilines is 1. The highest BCUT2D eigenvalue weighted by Crippen LogP contribution is 2.30. The summed E-state index contributed by atoms with van der Waals surface area (Å²) in [7, 11) is 0. The summed E-state index contributed by atoms with van der Waals surface area (Å²) in [6.07, 6.45) is -0.144. The monoisotopic (exact) mass is 475 g/mol. The molecule has 2 heterocycles. The standard InChI is InChI=1S/C23H21F4N5O2/c24-18-11-29-22(30-16-5-1-4-14(9-16)21(28)34)31-20(18)13-3-2-6-17(10-13)32-12-15(23(25,26)27)7-8-19(32)33/h2-3,6-8,10-12,14,16H,1,4-5,9H2,(H2,28,34)(H,29,30,31)/t14-,16+/m1/s1. The molecule has 1 aromatic carbocycles. The first kappa shape index (κ1) is 23.4. The number of alkyl halides is 3. The second-order valence-electron chi connectivity index (χ2n) is 8.17. The number of nitrogens with one attached hydrogen (secondary N) is 1. The van der Waals surface area contributed by atoms with Crippen molar-refractivity contribution in [1.29, 1.82) is 0 Å².